The van der Waals surface area contributed by atoms with Crippen molar-refractivity contribution in [2.75, 3.05) is 20.1 Å². The van der Waals surface area contributed by atoms with E-state index in [2.05, 4.69) is 46.8 Å². The van der Waals surface area contributed by atoms with Crippen molar-refractivity contribution in [2.24, 2.45) is 5.41 Å². The molecule has 0 spiro atoms. The predicted octanol–water partition coefficient (Wildman–Crippen LogP) is 2.19. The minimum atomic E-state index is 0.447. The van der Waals surface area contributed by atoms with Crippen LogP contribution in [-0.2, 0) is 0 Å². The second-order valence-corrected chi connectivity index (χ2v) is 5.52. The zero-order chi connectivity index (χ0) is 8.93. The fraction of sp³-hybridized carbons (Fsp3) is 0.778. The topological polar surface area (TPSA) is 6.48 Å². The Balaban J connectivity index is 2.28. The molecule has 12 heavy (non-hydrogen) atoms. The van der Waals surface area contributed by atoms with E-state index in [9.17, 15) is 0 Å². The summed E-state index contributed by atoms with van der Waals surface area (Å²) in [5, 5.41) is 4.68. The molecule has 0 atom stereocenters. The molecule has 0 unspecified atom stereocenters. The standard InChI is InChI=1S/C9H15BrN2/c1-9(2)4-8-7(10)5-11(3)12(8)6-9/h4-6H2,1-3H3. The van der Waals surface area contributed by atoms with E-state index in [0.29, 0.717) is 5.41 Å². The number of fused-ring (bicyclic) bond motifs is 1. The zero-order valence-corrected chi connectivity index (χ0v) is 9.48. The molecule has 3 heteroatoms. The molecule has 0 aromatic heterocycles. The summed E-state index contributed by atoms with van der Waals surface area (Å²) in [6, 6.07) is 0. The van der Waals surface area contributed by atoms with Crippen LogP contribution in [0.2, 0.25) is 0 Å². The maximum Gasteiger partial charge on any atom is 0.0512 e. The van der Waals surface area contributed by atoms with Crippen LogP contribution in [0.1, 0.15) is 20.3 Å². The summed E-state index contributed by atoms with van der Waals surface area (Å²) < 4.78 is 1.37. The van der Waals surface area contributed by atoms with Crippen molar-refractivity contribution in [2.45, 2.75) is 20.3 Å². The van der Waals surface area contributed by atoms with Crippen LogP contribution >= 0.6 is 15.9 Å². The number of halogens is 1. The Kier molecular flexibility index (Phi) is 1.77. The van der Waals surface area contributed by atoms with Crippen LogP contribution in [0.15, 0.2) is 10.2 Å². The third kappa shape index (κ3) is 1.19. The van der Waals surface area contributed by atoms with Gasteiger partial charge in [-0.15, -0.1) is 0 Å². The molecule has 0 radical (unpaired) electrons. The third-order valence-corrected chi connectivity index (χ3v) is 3.34. The van der Waals surface area contributed by atoms with Crippen LogP contribution in [0.5, 0.6) is 0 Å². The Morgan fingerprint density at radius 2 is 2.08 bits per heavy atom. The Morgan fingerprint density at radius 1 is 1.42 bits per heavy atom. The first-order chi connectivity index (χ1) is 5.49. The molecule has 2 heterocycles. The molecule has 2 aliphatic rings. The zero-order valence-electron chi connectivity index (χ0n) is 7.89. The number of hydrazine groups is 1. The summed E-state index contributed by atoms with van der Waals surface area (Å²) in [6.45, 7) is 6.86. The molecule has 0 aromatic carbocycles. The van der Waals surface area contributed by atoms with E-state index >= 15 is 0 Å². The molecule has 0 saturated carbocycles. The van der Waals surface area contributed by atoms with Gasteiger partial charge in [-0.25, -0.2) is 5.01 Å². The lowest BCUT2D eigenvalue weighted by Crippen LogP contribution is -2.34. The van der Waals surface area contributed by atoms with E-state index in [-0.39, 0.29) is 0 Å². The maximum absolute atomic E-state index is 3.63. The summed E-state index contributed by atoms with van der Waals surface area (Å²) in [6.07, 6.45) is 1.21. The number of nitrogens with zero attached hydrogens (tertiary/aromatic N) is 2. The van der Waals surface area contributed by atoms with Gasteiger partial charge in [0.05, 0.1) is 6.54 Å². The van der Waals surface area contributed by atoms with Gasteiger partial charge in [0.15, 0.2) is 0 Å². The van der Waals surface area contributed by atoms with Gasteiger partial charge in [0, 0.05) is 23.8 Å². The van der Waals surface area contributed by atoms with Crippen molar-refractivity contribution >= 4 is 15.9 Å². The first-order valence-electron chi connectivity index (χ1n) is 4.36. The highest BCUT2D eigenvalue weighted by Crippen LogP contribution is 2.43. The van der Waals surface area contributed by atoms with Crippen molar-refractivity contribution < 1.29 is 0 Å². The van der Waals surface area contributed by atoms with Gasteiger partial charge in [-0.2, -0.15) is 0 Å². The average molecular weight is 231 g/mol. The molecular formula is C9H15BrN2. The molecule has 0 N–H and O–H groups in total. The van der Waals surface area contributed by atoms with Crippen LogP contribution < -0.4 is 0 Å². The molecule has 2 nitrogen and oxygen atoms in total. The number of hydrogen-bond acceptors (Lipinski definition) is 2. The van der Waals surface area contributed by atoms with Gasteiger partial charge in [0.1, 0.15) is 0 Å². The Bertz CT molecular complexity index is 245. The highest BCUT2D eigenvalue weighted by Gasteiger charge is 2.39. The maximum atomic E-state index is 3.63. The second-order valence-electron chi connectivity index (χ2n) is 4.57. The van der Waals surface area contributed by atoms with Gasteiger partial charge in [-0.1, -0.05) is 29.8 Å². The lowest BCUT2D eigenvalue weighted by atomic mass is 9.92. The van der Waals surface area contributed by atoms with Crippen molar-refractivity contribution in [3.05, 3.63) is 10.2 Å². The Morgan fingerprint density at radius 3 is 2.67 bits per heavy atom. The van der Waals surface area contributed by atoms with E-state index < -0.39 is 0 Å². The Hall–Kier alpha value is -0.0200. The van der Waals surface area contributed by atoms with Crippen molar-refractivity contribution in [1.82, 2.24) is 10.0 Å². The third-order valence-electron chi connectivity index (χ3n) is 2.63. The van der Waals surface area contributed by atoms with Crippen LogP contribution in [0, 0.1) is 5.41 Å². The fourth-order valence-electron chi connectivity index (χ4n) is 2.04. The van der Waals surface area contributed by atoms with Crippen LogP contribution in [0.25, 0.3) is 0 Å². The first kappa shape index (κ1) is 8.57. The van der Waals surface area contributed by atoms with Gasteiger partial charge in [0.25, 0.3) is 0 Å². The average Bonchev–Trinajstić information content (AvgIpc) is 2.34. The number of hydrogen-bond donors (Lipinski definition) is 0. The number of allylic oxidation sites excluding steroid dienone is 1. The lowest BCUT2D eigenvalue weighted by Gasteiger charge is -2.26. The van der Waals surface area contributed by atoms with Gasteiger partial charge in [0.2, 0.25) is 0 Å². The molecule has 2 rings (SSSR count). The molecular weight excluding hydrogens is 216 g/mol. The summed E-state index contributed by atoms with van der Waals surface area (Å²) in [5.41, 5.74) is 1.94. The van der Waals surface area contributed by atoms with E-state index in [1.54, 1.807) is 0 Å². The van der Waals surface area contributed by atoms with E-state index in [1.165, 1.54) is 16.6 Å². The normalized spacial score (nSPS) is 28.5. The van der Waals surface area contributed by atoms with Crippen molar-refractivity contribution in [1.29, 1.82) is 0 Å². The molecule has 0 aromatic rings. The predicted molar refractivity (Wildman–Crippen MR) is 53.7 cm³/mol. The SMILES string of the molecule is CN1CC(Br)=C2CC(C)(C)CN21. The van der Waals surface area contributed by atoms with Gasteiger partial charge in [-0.05, 0) is 11.8 Å². The number of rotatable bonds is 0. The number of likely N-dealkylation sites (N-methyl/N-ethyl adjacent to an activating group) is 1. The van der Waals surface area contributed by atoms with E-state index in [0.717, 1.165) is 13.1 Å². The van der Waals surface area contributed by atoms with E-state index in [1.807, 2.05) is 0 Å². The van der Waals surface area contributed by atoms with E-state index in [4.69, 9.17) is 0 Å². The van der Waals surface area contributed by atoms with Crippen LogP contribution in [0.3, 0.4) is 0 Å². The smallest absolute Gasteiger partial charge is 0.0512 e. The highest BCUT2D eigenvalue weighted by atomic mass is 79.9. The van der Waals surface area contributed by atoms with Gasteiger partial charge >= 0.3 is 0 Å². The lowest BCUT2D eigenvalue weighted by molar-refractivity contribution is 0.0707. The Labute approximate surface area is 82.3 Å². The quantitative estimate of drug-likeness (QED) is 0.630. The minimum absolute atomic E-state index is 0.447. The molecule has 2 aliphatic heterocycles. The largest absolute Gasteiger partial charge is 0.308 e. The van der Waals surface area contributed by atoms with Crippen LogP contribution in [-0.4, -0.2) is 30.2 Å². The first-order valence-corrected chi connectivity index (χ1v) is 5.15. The van der Waals surface area contributed by atoms with Crippen molar-refractivity contribution in [3.63, 3.8) is 0 Å². The monoisotopic (exact) mass is 230 g/mol. The van der Waals surface area contributed by atoms with Gasteiger partial charge in [-0.3, -0.25) is 0 Å². The highest BCUT2D eigenvalue weighted by molar-refractivity contribution is 9.11. The van der Waals surface area contributed by atoms with Crippen molar-refractivity contribution in [3.8, 4) is 0 Å². The summed E-state index contributed by atoms with van der Waals surface area (Å²) in [4.78, 5) is 0. The second kappa shape index (κ2) is 2.48. The summed E-state index contributed by atoms with van der Waals surface area (Å²) in [7, 11) is 2.15. The summed E-state index contributed by atoms with van der Waals surface area (Å²) in [5.74, 6) is 0. The molecule has 0 amide bonds. The summed E-state index contributed by atoms with van der Waals surface area (Å²) >= 11 is 3.63. The molecule has 0 aliphatic carbocycles. The molecule has 1 saturated heterocycles. The molecule has 1 fully saturated rings. The minimum Gasteiger partial charge on any atom is -0.308 e. The van der Waals surface area contributed by atoms with Crippen LogP contribution in [0.4, 0.5) is 0 Å². The molecule has 0 bridgehead atoms. The van der Waals surface area contributed by atoms with Gasteiger partial charge < -0.3 is 5.01 Å². The fourth-order valence-corrected chi connectivity index (χ4v) is 2.75. The molecule has 68 valence electrons.